The fourth-order valence-electron chi connectivity index (χ4n) is 6.41. The number of hydrogen-bond donors (Lipinski definition) is 3. The predicted molar refractivity (Wildman–Crippen MR) is 178 cm³/mol. The van der Waals surface area contributed by atoms with Crippen molar-refractivity contribution in [2.75, 3.05) is 74.6 Å². The maximum Gasteiger partial charge on any atom is 0.341 e. The van der Waals surface area contributed by atoms with Gasteiger partial charge in [0.2, 0.25) is 11.8 Å². The van der Waals surface area contributed by atoms with Gasteiger partial charge in [0.15, 0.2) is 0 Å². The van der Waals surface area contributed by atoms with Crippen molar-refractivity contribution in [3.8, 4) is 11.6 Å². The summed E-state index contributed by atoms with van der Waals surface area (Å²) in [6.45, 7) is 6.99. The third-order valence-corrected chi connectivity index (χ3v) is 9.40. The van der Waals surface area contributed by atoms with Crippen molar-refractivity contribution >= 4 is 34.3 Å². The summed E-state index contributed by atoms with van der Waals surface area (Å²) in [4.78, 5) is 29.8. The Labute approximate surface area is 278 Å². The van der Waals surface area contributed by atoms with Gasteiger partial charge in [0.1, 0.15) is 24.3 Å². The molecule has 1 atom stereocenters. The van der Waals surface area contributed by atoms with Crippen LogP contribution in [0.3, 0.4) is 0 Å². The number of fused-ring (bicyclic) bond motifs is 1. The van der Waals surface area contributed by atoms with Crippen molar-refractivity contribution in [3.05, 3.63) is 47.8 Å². The number of imidazole rings is 1. The molecule has 4 aromatic rings. The van der Waals surface area contributed by atoms with E-state index in [2.05, 4.69) is 42.0 Å². The van der Waals surface area contributed by atoms with E-state index in [1.165, 1.54) is 10.8 Å². The van der Waals surface area contributed by atoms with E-state index in [0.717, 1.165) is 87.4 Å². The summed E-state index contributed by atoms with van der Waals surface area (Å²) in [6.07, 6.45) is 10.6. The quantitative estimate of drug-likeness (QED) is 0.209. The second-order valence-electron chi connectivity index (χ2n) is 12.6. The molecular weight excluding hydrogens is 618 g/mol. The summed E-state index contributed by atoms with van der Waals surface area (Å²) < 4.78 is 19.7. The fraction of sp³-hybridized carbons (Fsp3) is 0.531. The number of ether oxygens (including phenoxy) is 3. The Bertz CT molecular complexity index is 1670. The molecule has 1 saturated carbocycles. The predicted octanol–water partition coefficient (Wildman–Crippen LogP) is 1.53. The van der Waals surface area contributed by atoms with Crippen molar-refractivity contribution in [1.82, 2.24) is 34.4 Å². The lowest BCUT2D eigenvalue weighted by molar-refractivity contribution is -0.995. The van der Waals surface area contributed by atoms with Crippen LogP contribution in [0.4, 0.5) is 23.4 Å². The van der Waals surface area contributed by atoms with Crippen molar-refractivity contribution in [3.63, 3.8) is 0 Å². The maximum atomic E-state index is 11.4. The Hall–Kier alpha value is -4.35. The van der Waals surface area contributed by atoms with Crippen LogP contribution in [0.1, 0.15) is 31.4 Å². The van der Waals surface area contributed by atoms with Crippen LogP contribution in [0.2, 0.25) is 0 Å². The minimum Gasteiger partial charge on any atom is -0.592 e. The van der Waals surface area contributed by atoms with Crippen LogP contribution in [0.5, 0.6) is 11.6 Å². The van der Waals surface area contributed by atoms with Crippen LogP contribution in [0, 0.1) is 5.21 Å². The van der Waals surface area contributed by atoms with E-state index in [0.29, 0.717) is 36.5 Å². The maximum absolute atomic E-state index is 11.4. The zero-order chi connectivity index (χ0) is 33.0. The van der Waals surface area contributed by atoms with Crippen LogP contribution in [-0.2, 0) is 18.4 Å². The molecular formula is C32H43N11O5. The lowest BCUT2D eigenvalue weighted by atomic mass is 9.93. The molecule has 3 N–H and O–H groups in total. The fourth-order valence-corrected chi connectivity index (χ4v) is 6.41. The van der Waals surface area contributed by atoms with E-state index in [4.69, 9.17) is 24.2 Å². The van der Waals surface area contributed by atoms with E-state index in [1.54, 1.807) is 13.2 Å². The van der Waals surface area contributed by atoms with E-state index < -0.39 is 5.23 Å². The van der Waals surface area contributed by atoms with Crippen LogP contribution < -0.4 is 29.8 Å². The average Bonchev–Trinajstić information content (AvgIpc) is 3.49. The number of nitrogens with zero attached hydrogens (tertiary/aromatic N) is 9. The summed E-state index contributed by atoms with van der Waals surface area (Å²) in [7, 11) is 3.80. The van der Waals surface area contributed by atoms with Gasteiger partial charge in [-0.25, -0.2) is 15.2 Å². The molecule has 1 unspecified atom stereocenters. The molecule has 3 fully saturated rings. The second-order valence-corrected chi connectivity index (χ2v) is 12.6. The molecule has 0 amide bonds. The number of pyridine rings is 2. The number of nitrogens with one attached hydrogen (secondary N) is 2. The molecule has 6 heterocycles. The van der Waals surface area contributed by atoms with E-state index >= 15 is 0 Å². The lowest BCUT2D eigenvalue weighted by Gasteiger charge is -2.33. The van der Waals surface area contributed by atoms with E-state index in [-0.39, 0.29) is 24.7 Å². The van der Waals surface area contributed by atoms with Crippen molar-refractivity contribution in [2.24, 2.45) is 7.05 Å². The molecule has 48 heavy (non-hydrogen) atoms. The van der Waals surface area contributed by atoms with Crippen LogP contribution in [0.25, 0.3) is 10.9 Å². The zero-order valence-electron chi connectivity index (χ0n) is 27.4. The molecule has 1 aliphatic carbocycles. The zero-order valence-corrected chi connectivity index (χ0v) is 27.4. The minimum atomic E-state index is -1.09. The molecule has 0 aromatic carbocycles. The molecule has 2 aliphatic heterocycles. The summed E-state index contributed by atoms with van der Waals surface area (Å²) in [5.41, 5.74) is 2.46. The lowest BCUT2D eigenvalue weighted by Crippen LogP contribution is -3.00. The number of piperazine rings is 1. The van der Waals surface area contributed by atoms with Gasteiger partial charge in [-0.1, -0.05) is 0 Å². The van der Waals surface area contributed by atoms with E-state index in [9.17, 15) is 10.4 Å². The highest BCUT2D eigenvalue weighted by molar-refractivity contribution is 5.87. The minimum absolute atomic E-state index is 0.00678. The number of quaternary nitrogens is 1. The Morgan fingerprint density at radius 3 is 2.38 bits per heavy atom. The van der Waals surface area contributed by atoms with Gasteiger partial charge in [0, 0.05) is 58.4 Å². The Morgan fingerprint density at radius 1 is 0.917 bits per heavy atom. The van der Waals surface area contributed by atoms with Crippen LogP contribution in [-0.4, -0.2) is 111 Å². The highest BCUT2D eigenvalue weighted by Gasteiger charge is 2.26. The van der Waals surface area contributed by atoms with E-state index in [1.807, 2.05) is 24.5 Å². The smallest absolute Gasteiger partial charge is 0.341 e. The SMILES string of the molecule is CN1CCN(c2cnc(NC3CCC(Oc4nc(N5CCOCC5)cc5ncc(OCc6cnc([NH+]([O-])O)n6C)cc45)CC3)nc2)CC1. The Kier molecular flexibility index (Phi) is 9.67. The summed E-state index contributed by atoms with van der Waals surface area (Å²) in [5, 5.41) is 23.9. The van der Waals surface area contributed by atoms with Gasteiger partial charge in [-0.15, -0.1) is 0 Å². The molecule has 0 bridgehead atoms. The van der Waals surface area contributed by atoms with Crippen molar-refractivity contribution < 1.29 is 24.6 Å². The number of hydrogen-bond acceptors (Lipinski definition) is 14. The van der Waals surface area contributed by atoms with Gasteiger partial charge in [-0.3, -0.25) is 9.55 Å². The number of likely N-dealkylation sites (N-methyl/N-ethyl adjacent to an activating group) is 1. The van der Waals surface area contributed by atoms with Gasteiger partial charge in [-0.05, 0) is 38.8 Å². The normalized spacial score (nSPS) is 21.3. The third kappa shape index (κ3) is 7.37. The van der Waals surface area contributed by atoms with Crippen molar-refractivity contribution in [1.29, 1.82) is 0 Å². The number of rotatable bonds is 10. The number of morpholine rings is 1. The first-order valence-corrected chi connectivity index (χ1v) is 16.6. The summed E-state index contributed by atoms with van der Waals surface area (Å²) in [6, 6.07) is 4.13. The molecule has 16 heteroatoms. The summed E-state index contributed by atoms with van der Waals surface area (Å²) in [5.74, 6) is 2.48. The standard InChI is InChI=1S/C32H43N11O5/c1-39-7-9-41(10-8-39)23-17-34-31(35-18-23)37-22-3-5-25(6-4-22)48-30-27-15-26(47-21-24-19-36-32(40(24)2)43(44)45)20-33-28(27)16-29(38-30)42-11-13-46-14-12-42/h15-20,22,25,43-44H,3-14,21H2,1-2H3,(H,34,35,37). The number of anilines is 3. The highest BCUT2D eigenvalue weighted by Crippen LogP contribution is 2.33. The first kappa shape index (κ1) is 32.2. The topological polar surface area (TPSA) is 167 Å². The first-order valence-electron chi connectivity index (χ1n) is 16.6. The molecule has 2 saturated heterocycles. The number of aromatic nitrogens is 6. The van der Waals surface area contributed by atoms with Gasteiger partial charge >= 0.3 is 5.95 Å². The van der Waals surface area contributed by atoms with Gasteiger partial charge in [-0.2, -0.15) is 15.2 Å². The van der Waals surface area contributed by atoms with Crippen LogP contribution >= 0.6 is 0 Å². The monoisotopic (exact) mass is 661 g/mol. The summed E-state index contributed by atoms with van der Waals surface area (Å²) >= 11 is 0. The molecule has 4 aromatic heterocycles. The third-order valence-electron chi connectivity index (χ3n) is 9.40. The average molecular weight is 662 g/mol. The largest absolute Gasteiger partial charge is 0.592 e. The molecule has 7 rings (SSSR count). The van der Waals surface area contributed by atoms with Crippen molar-refractivity contribution in [2.45, 2.75) is 44.4 Å². The molecule has 0 spiro atoms. The molecule has 0 radical (unpaired) electrons. The Morgan fingerprint density at radius 2 is 1.67 bits per heavy atom. The van der Waals surface area contributed by atoms with Crippen LogP contribution in [0.15, 0.2) is 36.9 Å². The van der Waals surface area contributed by atoms with Gasteiger partial charge in [0.25, 0.3) is 0 Å². The van der Waals surface area contributed by atoms with Gasteiger partial charge in [0.05, 0.1) is 60.3 Å². The molecule has 16 nitrogen and oxygen atoms in total. The molecule has 256 valence electrons. The Balaban J connectivity index is 1.02. The highest BCUT2D eigenvalue weighted by atomic mass is 16.8. The first-order chi connectivity index (χ1) is 23.4. The van der Waals surface area contributed by atoms with Gasteiger partial charge < -0.3 is 39.4 Å². The molecule has 3 aliphatic rings. The second kappa shape index (κ2) is 14.4.